The summed E-state index contributed by atoms with van der Waals surface area (Å²) in [5, 5.41) is 20.1. The van der Waals surface area contributed by atoms with Crippen molar-refractivity contribution in [2.75, 3.05) is 0 Å². The Hall–Kier alpha value is -2.80. The number of hydrogen-bond acceptors (Lipinski definition) is 2. The van der Waals surface area contributed by atoms with Gasteiger partial charge < -0.3 is 9.51 Å². The third-order valence-electron chi connectivity index (χ3n) is 3.00. The molecule has 0 fully saturated rings. The average Bonchev–Trinajstić information content (AvgIpc) is 2.78. The standard InChI is InChI=1S/C14H8N2O2/c15-8-10-7-12(14(17)18)16-6-5-9-3-1-2-4-11(9)13(10)16/h1-7H,(H,17,18). The summed E-state index contributed by atoms with van der Waals surface area (Å²) < 4.78 is 1.54. The quantitative estimate of drug-likeness (QED) is 0.706. The van der Waals surface area contributed by atoms with Crippen molar-refractivity contribution in [3.63, 3.8) is 0 Å². The number of aromatic carboxylic acids is 1. The summed E-state index contributed by atoms with van der Waals surface area (Å²) in [4.78, 5) is 11.2. The molecule has 4 nitrogen and oxygen atoms in total. The second-order valence-corrected chi connectivity index (χ2v) is 3.98. The minimum absolute atomic E-state index is 0.104. The van der Waals surface area contributed by atoms with Gasteiger partial charge in [0, 0.05) is 11.6 Å². The maximum absolute atomic E-state index is 11.2. The number of nitrogens with zero attached hydrogens (tertiary/aromatic N) is 2. The van der Waals surface area contributed by atoms with E-state index in [1.54, 1.807) is 10.6 Å². The maximum Gasteiger partial charge on any atom is 0.352 e. The summed E-state index contributed by atoms with van der Waals surface area (Å²) in [7, 11) is 0. The monoisotopic (exact) mass is 236 g/mol. The van der Waals surface area contributed by atoms with E-state index in [1.807, 2.05) is 30.3 Å². The average molecular weight is 236 g/mol. The van der Waals surface area contributed by atoms with Crippen LogP contribution in [0.2, 0.25) is 0 Å². The molecule has 2 heterocycles. The minimum atomic E-state index is -1.04. The minimum Gasteiger partial charge on any atom is -0.477 e. The van der Waals surface area contributed by atoms with Crippen LogP contribution >= 0.6 is 0 Å². The Kier molecular flexibility index (Phi) is 2.07. The van der Waals surface area contributed by atoms with Gasteiger partial charge in [-0.2, -0.15) is 5.26 Å². The first-order valence-electron chi connectivity index (χ1n) is 5.38. The molecular weight excluding hydrogens is 228 g/mol. The van der Waals surface area contributed by atoms with Crippen molar-refractivity contribution in [3.05, 3.63) is 53.9 Å². The normalized spacial score (nSPS) is 10.6. The Labute approximate surface area is 102 Å². The Morgan fingerprint density at radius 3 is 2.78 bits per heavy atom. The van der Waals surface area contributed by atoms with Gasteiger partial charge in [0.1, 0.15) is 11.8 Å². The lowest BCUT2D eigenvalue weighted by atomic mass is 10.1. The zero-order chi connectivity index (χ0) is 12.7. The largest absolute Gasteiger partial charge is 0.477 e. The Morgan fingerprint density at radius 2 is 2.06 bits per heavy atom. The molecule has 0 bridgehead atoms. The number of benzene rings is 1. The first kappa shape index (κ1) is 10.4. The zero-order valence-electron chi connectivity index (χ0n) is 9.29. The molecule has 86 valence electrons. The molecule has 0 unspecified atom stereocenters. The molecule has 0 aliphatic carbocycles. The number of carbonyl (C=O) groups is 1. The van der Waals surface area contributed by atoms with Crippen LogP contribution in [-0.4, -0.2) is 15.5 Å². The highest BCUT2D eigenvalue weighted by Gasteiger charge is 2.15. The predicted octanol–water partition coefficient (Wildman–Crippen LogP) is 2.66. The van der Waals surface area contributed by atoms with Gasteiger partial charge in [0.2, 0.25) is 0 Å². The molecular formula is C14H8N2O2. The number of carboxylic acid groups (broad SMARTS) is 1. The molecule has 1 N–H and O–H groups in total. The van der Waals surface area contributed by atoms with Crippen LogP contribution in [0.25, 0.3) is 16.3 Å². The fourth-order valence-corrected chi connectivity index (χ4v) is 2.22. The van der Waals surface area contributed by atoms with Crippen LogP contribution < -0.4 is 0 Å². The molecule has 0 aliphatic heterocycles. The Morgan fingerprint density at radius 1 is 1.28 bits per heavy atom. The van der Waals surface area contributed by atoms with E-state index >= 15 is 0 Å². The number of hydrogen-bond donors (Lipinski definition) is 1. The number of carboxylic acids is 1. The Balaban J connectivity index is 2.58. The topological polar surface area (TPSA) is 65.5 Å². The molecule has 18 heavy (non-hydrogen) atoms. The molecule has 1 aromatic carbocycles. The van der Waals surface area contributed by atoms with Crippen molar-refractivity contribution in [1.82, 2.24) is 4.40 Å². The van der Waals surface area contributed by atoms with E-state index < -0.39 is 5.97 Å². The maximum atomic E-state index is 11.2. The number of rotatable bonds is 1. The summed E-state index contributed by atoms with van der Waals surface area (Å²) in [5.74, 6) is -1.04. The smallest absolute Gasteiger partial charge is 0.352 e. The van der Waals surface area contributed by atoms with Crippen molar-refractivity contribution in [3.8, 4) is 6.07 Å². The van der Waals surface area contributed by atoms with E-state index in [9.17, 15) is 4.79 Å². The summed E-state index contributed by atoms with van der Waals surface area (Å²) in [6.07, 6.45) is 1.68. The predicted molar refractivity (Wildman–Crippen MR) is 66.6 cm³/mol. The number of nitriles is 1. The van der Waals surface area contributed by atoms with Crippen molar-refractivity contribution in [1.29, 1.82) is 5.26 Å². The molecule has 0 radical (unpaired) electrons. The van der Waals surface area contributed by atoms with Crippen molar-refractivity contribution in [2.24, 2.45) is 0 Å². The summed E-state index contributed by atoms with van der Waals surface area (Å²) in [6.45, 7) is 0. The second kappa shape index (κ2) is 3.60. The van der Waals surface area contributed by atoms with Gasteiger partial charge in [-0.15, -0.1) is 0 Å². The molecule has 0 saturated carbocycles. The third kappa shape index (κ3) is 1.28. The van der Waals surface area contributed by atoms with Gasteiger partial charge in [0.25, 0.3) is 0 Å². The molecule has 0 spiro atoms. The first-order valence-corrected chi connectivity index (χ1v) is 5.38. The number of fused-ring (bicyclic) bond motifs is 3. The van der Waals surface area contributed by atoms with Crippen LogP contribution in [0.4, 0.5) is 0 Å². The fraction of sp³-hybridized carbons (Fsp3) is 0. The van der Waals surface area contributed by atoms with Crippen LogP contribution in [0.15, 0.2) is 42.6 Å². The number of pyridine rings is 1. The third-order valence-corrected chi connectivity index (χ3v) is 3.00. The van der Waals surface area contributed by atoms with Crippen LogP contribution in [0.1, 0.15) is 16.1 Å². The van der Waals surface area contributed by atoms with Gasteiger partial charge in [-0.3, -0.25) is 0 Å². The van der Waals surface area contributed by atoms with Gasteiger partial charge in [0.15, 0.2) is 0 Å². The molecule has 0 saturated heterocycles. The van der Waals surface area contributed by atoms with Crippen LogP contribution in [0.3, 0.4) is 0 Å². The van der Waals surface area contributed by atoms with Gasteiger partial charge >= 0.3 is 5.97 Å². The number of aromatic nitrogens is 1. The second-order valence-electron chi connectivity index (χ2n) is 3.98. The van der Waals surface area contributed by atoms with Crippen molar-refractivity contribution < 1.29 is 9.90 Å². The van der Waals surface area contributed by atoms with E-state index in [0.29, 0.717) is 11.1 Å². The lowest BCUT2D eigenvalue weighted by molar-refractivity contribution is 0.0689. The lowest BCUT2D eigenvalue weighted by Gasteiger charge is -2.03. The van der Waals surface area contributed by atoms with E-state index in [0.717, 1.165) is 10.8 Å². The summed E-state index contributed by atoms with van der Waals surface area (Å²) in [5.41, 5.74) is 1.13. The summed E-state index contributed by atoms with van der Waals surface area (Å²) >= 11 is 0. The zero-order valence-corrected chi connectivity index (χ0v) is 9.29. The van der Waals surface area contributed by atoms with Crippen LogP contribution in [-0.2, 0) is 0 Å². The lowest BCUT2D eigenvalue weighted by Crippen LogP contribution is -2.00. The Bertz CT molecular complexity index is 825. The SMILES string of the molecule is N#Cc1cc(C(=O)O)n2ccc3ccccc3c12. The van der Waals surface area contributed by atoms with Crippen LogP contribution in [0, 0.1) is 11.3 Å². The van der Waals surface area contributed by atoms with E-state index in [-0.39, 0.29) is 5.69 Å². The summed E-state index contributed by atoms with van der Waals surface area (Å²) in [6, 6.07) is 12.9. The molecule has 3 rings (SSSR count). The van der Waals surface area contributed by atoms with E-state index in [1.165, 1.54) is 6.07 Å². The van der Waals surface area contributed by atoms with Crippen LogP contribution in [0.5, 0.6) is 0 Å². The molecule has 2 aromatic heterocycles. The van der Waals surface area contributed by atoms with Gasteiger partial charge in [-0.1, -0.05) is 24.3 Å². The highest BCUT2D eigenvalue weighted by Crippen LogP contribution is 2.25. The molecule has 0 atom stereocenters. The highest BCUT2D eigenvalue weighted by molar-refractivity contribution is 6.01. The van der Waals surface area contributed by atoms with Gasteiger partial charge in [0.05, 0.1) is 11.1 Å². The molecule has 4 heteroatoms. The van der Waals surface area contributed by atoms with E-state index in [2.05, 4.69) is 6.07 Å². The first-order chi connectivity index (χ1) is 8.72. The molecule has 0 aliphatic rings. The van der Waals surface area contributed by atoms with Crippen molar-refractivity contribution >= 4 is 22.3 Å². The fourth-order valence-electron chi connectivity index (χ4n) is 2.22. The highest BCUT2D eigenvalue weighted by atomic mass is 16.4. The van der Waals surface area contributed by atoms with E-state index in [4.69, 9.17) is 10.4 Å². The van der Waals surface area contributed by atoms with Gasteiger partial charge in [-0.05, 0) is 17.5 Å². The van der Waals surface area contributed by atoms with Crippen molar-refractivity contribution in [2.45, 2.75) is 0 Å². The van der Waals surface area contributed by atoms with Gasteiger partial charge in [-0.25, -0.2) is 4.79 Å². The molecule has 3 aromatic rings. The molecule has 0 amide bonds.